The summed E-state index contributed by atoms with van der Waals surface area (Å²) in [5.74, 6) is 1.17. The average molecular weight is 282 g/mol. The Hall–Kier alpha value is -1.63. The van der Waals surface area contributed by atoms with Gasteiger partial charge in [-0.1, -0.05) is 58.0 Å². The molecule has 1 aromatic carbocycles. The van der Waals surface area contributed by atoms with Crippen LogP contribution in [0.3, 0.4) is 0 Å². The molecule has 1 nitrogen and oxygen atoms in total. The maximum atomic E-state index is 2.38. The summed E-state index contributed by atoms with van der Waals surface area (Å²) in [4.78, 5) is 0. The van der Waals surface area contributed by atoms with E-state index in [4.69, 9.17) is 0 Å². The van der Waals surface area contributed by atoms with E-state index in [1.54, 1.807) is 0 Å². The van der Waals surface area contributed by atoms with Crippen LogP contribution in [-0.4, -0.2) is 0 Å². The summed E-state index contributed by atoms with van der Waals surface area (Å²) in [6.45, 7) is 10.2. The fourth-order valence-corrected chi connectivity index (χ4v) is 2.56. The van der Waals surface area contributed by atoms with Gasteiger partial charge in [0.15, 0.2) is 12.4 Å². The zero-order valence-corrected chi connectivity index (χ0v) is 13.8. The minimum atomic E-state index is 0.587. The molecular formula is C20H28N+. The van der Waals surface area contributed by atoms with Crippen LogP contribution in [0.15, 0.2) is 48.8 Å². The summed E-state index contributed by atoms with van der Waals surface area (Å²) in [6, 6.07) is 13.1. The first-order chi connectivity index (χ1) is 10.1. The number of nitrogens with zero attached hydrogens (tertiary/aromatic N) is 1. The highest BCUT2D eigenvalue weighted by Crippen LogP contribution is 2.18. The first-order valence-electron chi connectivity index (χ1n) is 8.14. The van der Waals surface area contributed by atoms with E-state index in [1.165, 1.54) is 23.1 Å². The van der Waals surface area contributed by atoms with Crippen molar-refractivity contribution in [2.75, 3.05) is 0 Å². The van der Waals surface area contributed by atoms with E-state index in [0.717, 1.165) is 13.0 Å². The maximum Gasteiger partial charge on any atom is 0.172 e. The summed E-state index contributed by atoms with van der Waals surface area (Å²) < 4.78 is 2.38. The third kappa shape index (κ3) is 4.70. The van der Waals surface area contributed by atoms with Crippen molar-refractivity contribution < 1.29 is 4.57 Å². The summed E-state index contributed by atoms with van der Waals surface area (Å²) in [5.41, 5.74) is 4.32. The highest BCUT2D eigenvalue weighted by Gasteiger charge is 2.12. The molecule has 1 heterocycles. The first kappa shape index (κ1) is 15.8. The van der Waals surface area contributed by atoms with Crippen LogP contribution in [0.25, 0.3) is 0 Å². The zero-order valence-electron chi connectivity index (χ0n) is 13.8. The highest BCUT2D eigenvalue weighted by atomic mass is 14.9. The van der Waals surface area contributed by atoms with Crippen molar-refractivity contribution in [3.63, 3.8) is 0 Å². The molecule has 0 aliphatic rings. The van der Waals surface area contributed by atoms with E-state index in [9.17, 15) is 0 Å². The monoisotopic (exact) mass is 282 g/mol. The second-order valence-electron chi connectivity index (χ2n) is 6.54. The standard InChI is InChI=1S/C20H28N/c1-16(2)19-13-20(17(3)4)15-21(14-19)12-8-11-18-9-6-5-7-10-18/h5-7,9-10,13-17H,8,11-12H2,1-4H3/q+1. The summed E-state index contributed by atoms with van der Waals surface area (Å²) in [5, 5.41) is 0. The molecule has 0 saturated carbocycles. The van der Waals surface area contributed by atoms with Crippen molar-refractivity contribution in [2.45, 2.75) is 58.9 Å². The number of hydrogen-bond donors (Lipinski definition) is 0. The van der Waals surface area contributed by atoms with Crippen LogP contribution in [0, 0.1) is 0 Å². The van der Waals surface area contributed by atoms with Crippen LogP contribution >= 0.6 is 0 Å². The Labute approximate surface area is 129 Å². The number of aromatic nitrogens is 1. The average Bonchev–Trinajstić information content (AvgIpc) is 2.48. The molecule has 0 saturated heterocycles. The van der Waals surface area contributed by atoms with Gasteiger partial charge in [0.05, 0.1) is 0 Å². The zero-order chi connectivity index (χ0) is 15.2. The molecule has 0 fully saturated rings. The van der Waals surface area contributed by atoms with Crippen LogP contribution in [0.4, 0.5) is 0 Å². The molecule has 0 aliphatic carbocycles. The lowest BCUT2D eigenvalue weighted by molar-refractivity contribution is -0.698. The number of pyridine rings is 1. The molecule has 0 amide bonds. The Morgan fingerprint density at radius 3 is 1.95 bits per heavy atom. The molecule has 0 aliphatic heterocycles. The Bertz CT molecular complexity index is 529. The van der Waals surface area contributed by atoms with Gasteiger partial charge in [0, 0.05) is 17.5 Å². The van der Waals surface area contributed by atoms with Gasteiger partial charge < -0.3 is 0 Å². The van der Waals surface area contributed by atoms with E-state index >= 15 is 0 Å². The smallest absolute Gasteiger partial charge is 0.172 e. The molecule has 2 rings (SSSR count). The van der Waals surface area contributed by atoms with Gasteiger partial charge >= 0.3 is 0 Å². The summed E-state index contributed by atoms with van der Waals surface area (Å²) in [6.07, 6.45) is 6.98. The molecule has 0 radical (unpaired) electrons. The molecule has 1 heteroatoms. The molecule has 21 heavy (non-hydrogen) atoms. The van der Waals surface area contributed by atoms with Gasteiger partial charge in [-0.3, -0.25) is 0 Å². The fourth-order valence-electron chi connectivity index (χ4n) is 2.56. The molecule has 112 valence electrons. The lowest BCUT2D eigenvalue weighted by Gasteiger charge is -2.10. The number of aryl methyl sites for hydroxylation is 2. The molecule has 2 aromatic rings. The van der Waals surface area contributed by atoms with E-state index in [0.29, 0.717) is 11.8 Å². The Morgan fingerprint density at radius 1 is 0.857 bits per heavy atom. The lowest BCUT2D eigenvalue weighted by Crippen LogP contribution is -2.35. The largest absolute Gasteiger partial charge is 0.205 e. The van der Waals surface area contributed by atoms with Crippen LogP contribution in [0.2, 0.25) is 0 Å². The predicted molar refractivity (Wildman–Crippen MR) is 89.6 cm³/mol. The number of hydrogen-bond acceptors (Lipinski definition) is 0. The minimum Gasteiger partial charge on any atom is -0.205 e. The molecule has 0 N–H and O–H groups in total. The van der Waals surface area contributed by atoms with Gasteiger partial charge in [-0.2, -0.15) is 0 Å². The van der Waals surface area contributed by atoms with Crippen molar-refractivity contribution in [1.82, 2.24) is 0 Å². The lowest BCUT2D eigenvalue weighted by atomic mass is 9.98. The van der Waals surface area contributed by atoms with Crippen molar-refractivity contribution in [3.8, 4) is 0 Å². The molecule has 0 unspecified atom stereocenters. The first-order valence-corrected chi connectivity index (χ1v) is 8.14. The quantitative estimate of drug-likeness (QED) is 0.667. The van der Waals surface area contributed by atoms with Gasteiger partial charge in [0.1, 0.15) is 6.54 Å². The molecule has 1 aromatic heterocycles. The van der Waals surface area contributed by atoms with E-state index in [1.807, 2.05) is 0 Å². The Balaban J connectivity index is 2.05. The van der Waals surface area contributed by atoms with Crippen LogP contribution in [0.1, 0.15) is 62.6 Å². The van der Waals surface area contributed by atoms with Gasteiger partial charge in [-0.25, -0.2) is 4.57 Å². The van der Waals surface area contributed by atoms with Crippen molar-refractivity contribution in [1.29, 1.82) is 0 Å². The summed E-state index contributed by atoms with van der Waals surface area (Å²) >= 11 is 0. The highest BCUT2D eigenvalue weighted by molar-refractivity contribution is 5.20. The predicted octanol–water partition coefficient (Wildman–Crippen LogP) is 4.85. The van der Waals surface area contributed by atoms with Gasteiger partial charge in [0.25, 0.3) is 0 Å². The molecular weight excluding hydrogens is 254 g/mol. The fraction of sp³-hybridized carbons (Fsp3) is 0.450. The normalized spacial score (nSPS) is 11.3. The molecule has 0 bridgehead atoms. The SMILES string of the molecule is CC(C)c1cc(C(C)C)c[n+](CCCc2ccccc2)c1. The maximum absolute atomic E-state index is 2.38. The topological polar surface area (TPSA) is 3.88 Å². The Kier molecular flexibility index (Phi) is 5.55. The van der Waals surface area contributed by atoms with Crippen LogP contribution in [0.5, 0.6) is 0 Å². The minimum absolute atomic E-state index is 0.587. The second kappa shape index (κ2) is 7.40. The van der Waals surface area contributed by atoms with Crippen LogP contribution in [-0.2, 0) is 13.0 Å². The number of benzene rings is 1. The second-order valence-corrected chi connectivity index (χ2v) is 6.54. The van der Waals surface area contributed by atoms with Crippen molar-refractivity contribution in [3.05, 3.63) is 65.5 Å². The van der Waals surface area contributed by atoms with E-state index in [-0.39, 0.29) is 0 Å². The van der Waals surface area contributed by atoms with Crippen LogP contribution < -0.4 is 4.57 Å². The third-order valence-electron chi connectivity index (χ3n) is 4.02. The summed E-state index contributed by atoms with van der Waals surface area (Å²) in [7, 11) is 0. The molecule has 0 atom stereocenters. The van der Waals surface area contributed by atoms with Gasteiger partial charge in [-0.15, -0.1) is 0 Å². The molecule has 0 spiro atoms. The van der Waals surface area contributed by atoms with E-state index in [2.05, 4.69) is 81.1 Å². The Morgan fingerprint density at radius 2 is 1.43 bits per heavy atom. The number of rotatable bonds is 6. The van der Waals surface area contributed by atoms with Crippen molar-refractivity contribution >= 4 is 0 Å². The van der Waals surface area contributed by atoms with E-state index < -0.39 is 0 Å². The third-order valence-corrected chi connectivity index (χ3v) is 4.02. The van der Waals surface area contributed by atoms with Crippen molar-refractivity contribution in [2.24, 2.45) is 0 Å². The van der Waals surface area contributed by atoms with Gasteiger partial charge in [0.2, 0.25) is 0 Å². The van der Waals surface area contributed by atoms with Gasteiger partial charge in [-0.05, 0) is 29.9 Å².